The van der Waals surface area contributed by atoms with Gasteiger partial charge in [-0.1, -0.05) is 12.1 Å². The lowest BCUT2D eigenvalue weighted by atomic mass is 10.1. The van der Waals surface area contributed by atoms with Crippen molar-refractivity contribution >= 4 is 23.3 Å². The van der Waals surface area contributed by atoms with Gasteiger partial charge in [-0.2, -0.15) is 0 Å². The molecule has 2 aromatic rings. The summed E-state index contributed by atoms with van der Waals surface area (Å²) in [6.07, 6.45) is 0.275. The molecule has 0 spiro atoms. The van der Waals surface area contributed by atoms with Gasteiger partial charge in [-0.15, -0.1) is 0 Å². The summed E-state index contributed by atoms with van der Waals surface area (Å²) >= 11 is 0. The minimum absolute atomic E-state index is 0.0186. The van der Waals surface area contributed by atoms with E-state index in [1.807, 2.05) is 56.3 Å². The van der Waals surface area contributed by atoms with Gasteiger partial charge in [0.05, 0.1) is 13.2 Å². The van der Waals surface area contributed by atoms with Gasteiger partial charge in [0, 0.05) is 30.4 Å². The van der Waals surface area contributed by atoms with Crippen molar-refractivity contribution in [1.29, 1.82) is 0 Å². The molecule has 6 heteroatoms. The fourth-order valence-electron chi connectivity index (χ4n) is 3.23. The number of carbonyl (C=O) groups is 2. The Labute approximate surface area is 153 Å². The van der Waals surface area contributed by atoms with Crippen molar-refractivity contribution in [2.45, 2.75) is 26.3 Å². The molecule has 3 rings (SSSR count). The topological polar surface area (TPSA) is 70.7 Å². The SMILES string of the molecule is COc1cccc(N2C[C@H](NC(=O)Nc3cc(C)cc(C)c3)CC2=O)c1. The zero-order valence-corrected chi connectivity index (χ0v) is 15.2. The van der Waals surface area contributed by atoms with Crippen LogP contribution in [-0.2, 0) is 4.79 Å². The van der Waals surface area contributed by atoms with E-state index >= 15 is 0 Å². The number of rotatable bonds is 4. The summed E-state index contributed by atoms with van der Waals surface area (Å²) in [6.45, 7) is 4.40. The predicted octanol–water partition coefficient (Wildman–Crippen LogP) is 3.24. The molecule has 26 heavy (non-hydrogen) atoms. The molecule has 0 aromatic heterocycles. The lowest BCUT2D eigenvalue weighted by Crippen LogP contribution is -2.39. The number of carbonyl (C=O) groups excluding carboxylic acids is 2. The Morgan fingerprint density at radius 3 is 2.58 bits per heavy atom. The average molecular weight is 353 g/mol. The van der Waals surface area contributed by atoms with E-state index < -0.39 is 0 Å². The van der Waals surface area contributed by atoms with Crippen LogP contribution in [0, 0.1) is 13.8 Å². The van der Waals surface area contributed by atoms with Gasteiger partial charge >= 0.3 is 6.03 Å². The first-order chi connectivity index (χ1) is 12.4. The van der Waals surface area contributed by atoms with Crippen LogP contribution < -0.4 is 20.3 Å². The molecule has 0 unspecified atom stereocenters. The van der Waals surface area contributed by atoms with Crippen LogP contribution in [0.2, 0.25) is 0 Å². The Morgan fingerprint density at radius 2 is 1.88 bits per heavy atom. The van der Waals surface area contributed by atoms with Crippen molar-refractivity contribution < 1.29 is 14.3 Å². The third kappa shape index (κ3) is 4.14. The van der Waals surface area contributed by atoms with Crippen molar-refractivity contribution in [3.05, 3.63) is 53.6 Å². The lowest BCUT2D eigenvalue weighted by molar-refractivity contribution is -0.117. The molecular weight excluding hydrogens is 330 g/mol. The lowest BCUT2D eigenvalue weighted by Gasteiger charge is -2.18. The van der Waals surface area contributed by atoms with Gasteiger partial charge in [0.1, 0.15) is 5.75 Å². The molecule has 1 aliphatic rings. The van der Waals surface area contributed by atoms with E-state index in [0.29, 0.717) is 12.3 Å². The van der Waals surface area contributed by atoms with Gasteiger partial charge in [0.25, 0.3) is 0 Å². The van der Waals surface area contributed by atoms with Crippen molar-refractivity contribution in [3.63, 3.8) is 0 Å². The average Bonchev–Trinajstić information content (AvgIpc) is 2.94. The highest BCUT2D eigenvalue weighted by Gasteiger charge is 2.31. The van der Waals surface area contributed by atoms with Gasteiger partial charge in [-0.3, -0.25) is 4.79 Å². The van der Waals surface area contributed by atoms with E-state index in [1.165, 1.54) is 0 Å². The number of benzene rings is 2. The van der Waals surface area contributed by atoms with Crippen molar-refractivity contribution in [3.8, 4) is 5.75 Å². The van der Waals surface area contributed by atoms with E-state index in [-0.39, 0.29) is 24.4 Å². The van der Waals surface area contributed by atoms with Gasteiger partial charge in [0.2, 0.25) is 5.91 Å². The minimum Gasteiger partial charge on any atom is -0.497 e. The number of nitrogens with zero attached hydrogens (tertiary/aromatic N) is 1. The highest BCUT2D eigenvalue weighted by Crippen LogP contribution is 2.25. The standard InChI is InChI=1S/C20H23N3O3/c1-13-7-14(2)9-15(8-13)21-20(25)22-16-10-19(24)23(12-16)17-5-4-6-18(11-17)26-3/h4-9,11,16H,10,12H2,1-3H3,(H2,21,22,25)/t16-/m1/s1. The number of hydrogen-bond donors (Lipinski definition) is 2. The number of urea groups is 1. The highest BCUT2D eigenvalue weighted by atomic mass is 16.5. The predicted molar refractivity (Wildman–Crippen MR) is 102 cm³/mol. The van der Waals surface area contributed by atoms with Crippen LogP contribution in [0.4, 0.5) is 16.2 Å². The summed E-state index contributed by atoms with van der Waals surface area (Å²) in [4.78, 5) is 26.3. The summed E-state index contributed by atoms with van der Waals surface area (Å²) in [5, 5.41) is 5.72. The second kappa shape index (κ2) is 7.47. The van der Waals surface area contributed by atoms with Crippen LogP contribution in [0.25, 0.3) is 0 Å². The van der Waals surface area contributed by atoms with Crippen LogP contribution in [0.1, 0.15) is 17.5 Å². The molecule has 1 fully saturated rings. The second-order valence-corrected chi connectivity index (χ2v) is 6.58. The fourth-order valence-corrected chi connectivity index (χ4v) is 3.23. The van der Waals surface area contributed by atoms with Crippen LogP contribution >= 0.6 is 0 Å². The fraction of sp³-hybridized carbons (Fsp3) is 0.300. The van der Waals surface area contributed by atoms with Crippen LogP contribution in [0.15, 0.2) is 42.5 Å². The Kier molecular flexibility index (Phi) is 5.11. The van der Waals surface area contributed by atoms with Crippen molar-refractivity contribution in [2.24, 2.45) is 0 Å². The molecule has 0 radical (unpaired) electrons. The van der Waals surface area contributed by atoms with Crippen LogP contribution in [0.5, 0.6) is 5.75 Å². The Balaban J connectivity index is 1.62. The van der Waals surface area contributed by atoms with E-state index in [0.717, 1.165) is 22.5 Å². The Morgan fingerprint density at radius 1 is 1.15 bits per heavy atom. The maximum absolute atomic E-state index is 12.3. The molecule has 6 nitrogen and oxygen atoms in total. The number of ether oxygens (including phenoxy) is 1. The van der Waals surface area contributed by atoms with Crippen LogP contribution in [-0.4, -0.2) is 31.6 Å². The molecule has 0 aliphatic carbocycles. The smallest absolute Gasteiger partial charge is 0.319 e. The van der Waals surface area contributed by atoms with E-state index in [4.69, 9.17) is 4.74 Å². The second-order valence-electron chi connectivity index (χ2n) is 6.58. The summed E-state index contributed by atoms with van der Waals surface area (Å²) in [6, 6.07) is 12.7. The number of aryl methyl sites for hydroxylation is 2. The Bertz CT molecular complexity index is 815. The molecule has 2 aromatic carbocycles. The minimum atomic E-state index is -0.305. The summed E-state index contributed by atoms with van der Waals surface area (Å²) < 4.78 is 5.21. The molecular formula is C20H23N3O3. The van der Waals surface area contributed by atoms with Crippen molar-refractivity contribution in [2.75, 3.05) is 23.9 Å². The first kappa shape index (κ1) is 17.8. The molecule has 1 aliphatic heterocycles. The van der Waals surface area contributed by atoms with E-state index in [1.54, 1.807) is 12.0 Å². The number of amides is 3. The molecule has 1 atom stereocenters. The highest BCUT2D eigenvalue weighted by molar-refractivity contribution is 5.97. The zero-order valence-electron chi connectivity index (χ0n) is 15.2. The summed E-state index contributed by atoms with van der Waals surface area (Å²) in [5.41, 5.74) is 3.68. The molecule has 2 N–H and O–H groups in total. The molecule has 1 heterocycles. The Hall–Kier alpha value is -3.02. The number of nitrogens with one attached hydrogen (secondary N) is 2. The maximum atomic E-state index is 12.3. The van der Waals surface area contributed by atoms with Crippen molar-refractivity contribution in [1.82, 2.24) is 5.32 Å². The zero-order chi connectivity index (χ0) is 18.7. The number of hydrogen-bond acceptors (Lipinski definition) is 3. The van der Waals surface area contributed by atoms with Crippen LogP contribution in [0.3, 0.4) is 0 Å². The quantitative estimate of drug-likeness (QED) is 0.886. The first-order valence-corrected chi connectivity index (χ1v) is 8.55. The normalized spacial score (nSPS) is 16.5. The molecule has 3 amide bonds. The van der Waals surface area contributed by atoms with E-state index in [9.17, 15) is 9.59 Å². The molecule has 136 valence electrons. The first-order valence-electron chi connectivity index (χ1n) is 8.55. The molecule has 1 saturated heterocycles. The van der Waals surface area contributed by atoms with Gasteiger partial charge in [0.15, 0.2) is 0 Å². The summed E-state index contributed by atoms with van der Waals surface area (Å²) in [5.74, 6) is 0.675. The molecule has 0 saturated carbocycles. The number of anilines is 2. The van der Waals surface area contributed by atoms with Gasteiger partial charge in [-0.05, 0) is 49.2 Å². The monoisotopic (exact) mass is 353 g/mol. The molecule has 0 bridgehead atoms. The van der Waals surface area contributed by atoms with E-state index in [2.05, 4.69) is 10.6 Å². The van der Waals surface area contributed by atoms with Gasteiger partial charge in [-0.25, -0.2) is 4.79 Å². The van der Waals surface area contributed by atoms with Gasteiger partial charge < -0.3 is 20.3 Å². The largest absolute Gasteiger partial charge is 0.497 e. The summed E-state index contributed by atoms with van der Waals surface area (Å²) in [7, 11) is 1.59. The third-order valence-corrected chi connectivity index (χ3v) is 4.30. The number of methoxy groups -OCH3 is 1. The third-order valence-electron chi connectivity index (χ3n) is 4.30. The maximum Gasteiger partial charge on any atom is 0.319 e.